The predicted octanol–water partition coefficient (Wildman–Crippen LogP) is 4.08. The van der Waals surface area contributed by atoms with Crippen LogP contribution in [-0.2, 0) is 6.42 Å². The normalized spacial score (nSPS) is 11.0. The highest BCUT2D eigenvalue weighted by Gasteiger charge is 2.05. The molecule has 0 spiro atoms. The van der Waals surface area contributed by atoms with Gasteiger partial charge in [0.25, 0.3) is 0 Å². The van der Waals surface area contributed by atoms with Crippen molar-refractivity contribution in [3.63, 3.8) is 0 Å². The van der Waals surface area contributed by atoms with E-state index in [2.05, 4.69) is 38.3 Å². The van der Waals surface area contributed by atoms with E-state index in [-0.39, 0.29) is 0 Å². The second kappa shape index (κ2) is 3.15. The van der Waals surface area contributed by atoms with Crippen LogP contribution in [0.5, 0.6) is 0 Å². The Morgan fingerprint density at radius 2 is 2.08 bits per heavy atom. The summed E-state index contributed by atoms with van der Waals surface area (Å²) in [6.45, 7) is 6.64. The van der Waals surface area contributed by atoms with Crippen molar-refractivity contribution in [2.75, 3.05) is 0 Å². The molecule has 13 heavy (non-hydrogen) atoms. The van der Waals surface area contributed by atoms with Crippen molar-refractivity contribution in [1.29, 1.82) is 0 Å². The van der Waals surface area contributed by atoms with Gasteiger partial charge in [-0.3, -0.25) is 0 Å². The minimum atomic E-state index is 1.13. The van der Waals surface area contributed by atoms with E-state index in [1.54, 1.807) is 0 Å². The van der Waals surface area contributed by atoms with Crippen LogP contribution in [0.15, 0.2) is 17.5 Å². The maximum absolute atomic E-state index is 2.32. The van der Waals surface area contributed by atoms with Crippen LogP contribution >= 0.6 is 11.3 Å². The summed E-state index contributed by atoms with van der Waals surface area (Å²) in [4.78, 5) is 0. The molecule has 2 rings (SSSR count). The summed E-state index contributed by atoms with van der Waals surface area (Å²) in [7, 11) is 0. The van der Waals surface area contributed by atoms with Gasteiger partial charge in [-0.25, -0.2) is 0 Å². The predicted molar refractivity (Wildman–Crippen MR) is 60.7 cm³/mol. The summed E-state index contributed by atoms with van der Waals surface area (Å²) in [5.74, 6) is 0. The SMILES string of the molecule is CCc1cc(C)c(C)c2sccc12. The van der Waals surface area contributed by atoms with Crippen LogP contribution in [0.4, 0.5) is 0 Å². The monoisotopic (exact) mass is 190 g/mol. The van der Waals surface area contributed by atoms with Crippen molar-refractivity contribution >= 4 is 21.4 Å². The van der Waals surface area contributed by atoms with E-state index in [0.29, 0.717) is 0 Å². The Labute approximate surface area is 83.2 Å². The molecule has 1 aromatic heterocycles. The maximum atomic E-state index is 2.32. The summed E-state index contributed by atoms with van der Waals surface area (Å²) >= 11 is 1.86. The zero-order valence-electron chi connectivity index (χ0n) is 8.35. The Kier molecular flexibility index (Phi) is 2.12. The molecule has 1 heterocycles. The molecule has 2 aromatic rings. The van der Waals surface area contributed by atoms with Crippen LogP contribution in [-0.4, -0.2) is 0 Å². The molecule has 0 saturated heterocycles. The fourth-order valence-corrected chi connectivity index (χ4v) is 2.78. The molecule has 0 aliphatic heterocycles. The van der Waals surface area contributed by atoms with E-state index < -0.39 is 0 Å². The first kappa shape index (κ1) is 8.76. The van der Waals surface area contributed by atoms with Gasteiger partial charge in [0.15, 0.2) is 0 Å². The average molecular weight is 190 g/mol. The zero-order chi connectivity index (χ0) is 9.42. The number of rotatable bonds is 1. The van der Waals surface area contributed by atoms with Gasteiger partial charge in [0, 0.05) is 4.70 Å². The Bertz CT molecular complexity index is 438. The third kappa shape index (κ3) is 1.28. The van der Waals surface area contributed by atoms with Crippen LogP contribution in [0.1, 0.15) is 23.6 Å². The van der Waals surface area contributed by atoms with Gasteiger partial charge >= 0.3 is 0 Å². The fourth-order valence-electron chi connectivity index (χ4n) is 1.77. The number of hydrogen-bond acceptors (Lipinski definition) is 1. The van der Waals surface area contributed by atoms with Crippen LogP contribution in [0.25, 0.3) is 10.1 Å². The summed E-state index contributed by atoms with van der Waals surface area (Å²) in [6, 6.07) is 4.57. The summed E-state index contributed by atoms with van der Waals surface area (Å²) in [5, 5.41) is 3.64. The van der Waals surface area contributed by atoms with Crippen molar-refractivity contribution < 1.29 is 0 Å². The molecule has 0 saturated carbocycles. The van der Waals surface area contributed by atoms with Crippen molar-refractivity contribution in [2.45, 2.75) is 27.2 Å². The molecule has 0 fully saturated rings. The minimum absolute atomic E-state index is 1.13. The van der Waals surface area contributed by atoms with Crippen molar-refractivity contribution in [1.82, 2.24) is 0 Å². The quantitative estimate of drug-likeness (QED) is 0.635. The first-order chi connectivity index (χ1) is 6.24. The lowest BCUT2D eigenvalue weighted by atomic mass is 10.0. The van der Waals surface area contributed by atoms with Gasteiger partial charge < -0.3 is 0 Å². The maximum Gasteiger partial charge on any atom is 0.0377 e. The third-order valence-electron chi connectivity index (χ3n) is 2.71. The summed E-state index contributed by atoms with van der Waals surface area (Å²) in [5.41, 5.74) is 4.35. The molecule has 0 nitrogen and oxygen atoms in total. The van der Waals surface area contributed by atoms with Gasteiger partial charge in [-0.15, -0.1) is 11.3 Å². The van der Waals surface area contributed by atoms with E-state index in [1.165, 1.54) is 26.8 Å². The largest absolute Gasteiger partial charge is 0.144 e. The second-order valence-corrected chi connectivity index (χ2v) is 4.41. The zero-order valence-corrected chi connectivity index (χ0v) is 9.16. The summed E-state index contributed by atoms with van der Waals surface area (Å²) in [6.07, 6.45) is 1.13. The Hall–Kier alpha value is -0.820. The molecule has 0 bridgehead atoms. The van der Waals surface area contributed by atoms with Gasteiger partial charge in [-0.2, -0.15) is 0 Å². The molecule has 0 aliphatic carbocycles. The van der Waals surface area contributed by atoms with Crippen molar-refractivity contribution in [2.24, 2.45) is 0 Å². The van der Waals surface area contributed by atoms with Crippen LogP contribution in [0.3, 0.4) is 0 Å². The third-order valence-corrected chi connectivity index (χ3v) is 3.75. The molecule has 1 heteroatoms. The molecular formula is C12H14S. The Balaban J connectivity index is 2.87. The highest BCUT2D eigenvalue weighted by atomic mass is 32.1. The van der Waals surface area contributed by atoms with Gasteiger partial charge in [-0.1, -0.05) is 13.0 Å². The Morgan fingerprint density at radius 1 is 1.31 bits per heavy atom. The number of fused-ring (bicyclic) bond motifs is 1. The van der Waals surface area contributed by atoms with Gasteiger partial charge in [0.2, 0.25) is 0 Å². The molecule has 0 unspecified atom stereocenters. The highest BCUT2D eigenvalue weighted by Crippen LogP contribution is 2.30. The van der Waals surface area contributed by atoms with E-state index in [4.69, 9.17) is 0 Å². The van der Waals surface area contributed by atoms with Crippen LogP contribution < -0.4 is 0 Å². The average Bonchev–Trinajstić information content (AvgIpc) is 2.60. The minimum Gasteiger partial charge on any atom is -0.144 e. The standard InChI is InChI=1S/C12H14S/c1-4-10-7-8(2)9(3)12-11(10)5-6-13-12/h5-7H,4H2,1-3H3. The molecule has 0 atom stereocenters. The van der Waals surface area contributed by atoms with E-state index in [1.807, 2.05) is 11.3 Å². The van der Waals surface area contributed by atoms with Crippen LogP contribution in [0.2, 0.25) is 0 Å². The molecule has 68 valence electrons. The van der Waals surface area contributed by atoms with Crippen LogP contribution in [0, 0.1) is 13.8 Å². The van der Waals surface area contributed by atoms with Crippen molar-refractivity contribution in [3.05, 3.63) is 34.2 Å². The van der Waals surface area contributed by atoms with E-state index >= 15 is 0 Å². The number of hydrogen-bond donors (Lipinski definition) is 0. The molecule has 0 amide bonds. The Morgan fingerprint density at radius 3 is 2.77 bits per heavy atom. The first-order valence-electron chi connectivity index (χ1n) is 4.70. The smallest absolute Gasteiger partial charge is 0.0377 e. The number of thiophene rings is 1. The molecule has 1 aromatic carbocycles. The molecule has 0 radical (unpaired) electrons. The van der Waals surface area contributed by atoms with E-state index in [9.17, 15) is 0 Å². The molecule has 0 aliphatic rings. The lowest BCUT2D eigenvalue weighted by Crippen LogP contribution is -1.87. The highest BCUT2D eigenvalue weighted by molar-refractivity contribution is 7.17. The lowest BCUT2D eigenvalue weighted by molar-refractivity contribution is 1.15. The van der Waals surface area contributed by atoms with Gasteiger partial charge in [0.05, 0.1) is 0 Å². The fraction of sp³-hybridized carbons (Fsp3) is 0.333. The van der Waals surface area contributed by atoms with Gasteiger partial charge in [0.1, 0.15) is 0 Å². The first-order valence-corrected chi connectivity index (χ1v) is 5.58. The van der Waals surface area contributed by atoms with Crippen molar-refractivity contribution in [3.8, 4) is 0 Å². The topological polar surface area (TPSA) is 0 Å². The summed E-state index contributed by atoms with van der Waals surface area (Å²) < 4.78 is 1.47. The molecular weight excluding hydrogens is 176 g/mol. The lowest BCUT2D eigenvalue weighted by Gasteiger charge is -2.06. The number of aryl methyl sites for hydroxylation is 3. The second-order valence-electron chi connectivity index (χ2n) is 3.49. The molecule has 0 N–H and O–H groups in total. The number of benzene rings is 1. The van der Waals surface area contributed by atoms with E-state index in [0.717, 1.165) is 6.42 Å². The van der Waals surface area contributed by atoms with Gasteiger partial charge in [-0.05, 0) is 53.8 Å².